The quantitative estimate of drug-likeness (QED) is 0.812. The van der Waals surface area contributed by atoms with Crippen molar-refractivity contribution >= 4 is 34.9 Å². The summed E-state index contributed by atoms with van der Waals surface area (Å²) < 4.78 is 0. The Balaban J connectivity index is 1.80. The smallest absolute Gasteiger partial charge is 0.319 e. The molecular weight excluding hydrogens is 287 g/mol. The van der Waals surface area contributed by atoms with Gasteiger partial charge in [0.1, 0.15) is 0 Å². The van der Waals surface area contributed by atoms with Gasteiger partial charge in [0.25, 0.3) is 0 Å². The number of H-pyrrole nitrogens is 1. The van der Waals surface area contributed by atoms with Crippen LogP contribution in [0.3, 0.4) is 0 Å². The lowest BCUT2D eigenvalue weighted by Gasteiger charge is -2.08. The third kappa shape index (κ3) is 4.15. The van der Waals surface area contributed by atoms with E-state index in [0.29, 0.717) is 28.7 Å². The molecule has 0 fully saturated rings. The number of urea groups is 1. The molecule has 0 saturated carbocycles. The summed E-state index contributed by atoms with van der Waals surface area (Å²) in [6.07, 6.45) is 4.00. The first kappa shape index (κ1) is 13.7. The summed E-state index contributed by atoms with van der Waals surface area (Å²) in [5.41, 5.74) is 1.48. The number of nitrogens with one attached hydrogen (secondary N) is 3. The van der Waals surface area contributed by atoms with Crippen LogP contribution in [0.4, 0.5) is 10.5 Å². The molecule has 3 N–H and O–H groups in total. The van der Waals surface area contributed by atoms with Gasteiger partial charge in [-0.25, -0.2) is 9.78 Å². The van der Waals surface area contributed by atoms with Gasteiger partial charge in [0.2, 0.25) is 0 Å². The van der Waals surface area contributed by atoms with Crippen LogP contribution in [0, 0.1) is 0 Å². The average molecular weight is 299 g/mol. The summed E-state index contributed by atoms with van der Waals surface area (Å²) in [7, 11) is 0. The van der Waals surface area contributed by atoms with Crippen LogP contribution in [-0.2, 0) is 6.42 Å². The molecule has 0 atom stereocenters. The van der Waals surface area contributed by atoms with E-state index in [1.165, 1.54) is 0 Å². The lowest BCUT2D eigenvalue weighted by Crippen LogP contribution is -2.30. The average Bonchev–Trinajstić information content (AvgIpc) is 2.86. The fourth-order valence-corrected chi connectivity index (χ4v) is 1.95. The van der Waals surface area contributed by atoms with Gasteiger partial charge in [-0.2, -0.15) is 0 Å². The number of hydrogen-bond donors (Lipinski definition) is 3. The van der Waals surface area contributed by atoms with Gasteiger partial charge in [-0.05, 0) is 18.2 Å². The number of imidazole rings is 1. The second kappa shape index (κ2) is 6.45. The monoisotopic (exact) mass is 298 g/mol. The van der Waals surface area contributed by atoms with Crippen molar-refractivity contribution in [1.82, 2.24) is 15.3 Å². The maximum Gasteiger partial charge on any atom is 0.319 e. The van der Waals surface area contributed by atoms with E-state index in [-0.39, 0.29) is 6.03 Å². The molecule has 0 aliphatic carbocycles. The molecule has 0 unspecified atom stereocenters. The molecule has 0 radical (unpaired) electrons. The molecule has 0 spiro atoms. The molecule has 19 heavy (non-hydrogen) atoms. The van der Waals surface area contributed by atoms with Crippen molar-refractivity contribution in [3.63, 3.8) is 0 Å². The van der Waals surface area contributed by atoms with Crippen molar-refractivity contribution in [3.05, 3.63) is 46.5 Å². The van der Waals surface area contributed by atoms with E-state index in [1.54, 1.807) is 30.7 Å². The molecule has 0 saturated heterocycles. The number of aromatic nitrogens is 2. The Bertz CT molecular complexity index is 557. The van der Waals surface area contributed by atoms with Crippen LogP contribution in [0.15, 0.2) is 30.7 Å². The van der Waals surface area contributed by atoms with Crippen LogP contribution >= 0.6 is 23.2 Å². The van der Waals surface area contributed by atoms with Crippen LogP contribution in [0.1, 0.15) is 5.69 Å². The standard InChI is InChI=1S/C12H12Cl2N4O/c13-8-1-2-11(10(14)5-8)18-12(19)16-4-3-9-6-15-7-17-9/h1-2,5-7H,3-4H2,(H,15,17)(H2,16,18,19). The van der Waals surface area contributed by atoms with Crippen LogP contribution in [0.25, 0.3) is 0 Å². The van der Waals surface area contributed by atoms with Crippen molar-refractivity contribution in [3.8, 4) is 0 Å². The Morgan fingerprint density at radius 1 is 1.37 bits per heavy atom. The highest BCUT2D eigenvalue weighted by molar-refractivity contribution is 6.36. The Morgan fingerprint density at radius 3 is 2.89 bits per heavy atom. The molecule has 5 nitrogen and oxygen atoms in total. The predicted molar refractivity (Wildman–Crippen MR) is 75.8 cm³/mol. The molecule has 1 heterocycles. The zero-order valence-electron chi connectivity index (χ0n) is 9.91. The first-order valence-electron chi connectivity index (χ1n) is 5.62. The van der Waals surface area contributed by atoms with Crippen molar-refractivity contribution in [2.75, 3.05) is 11.9 Å². The van der Waals surface area contributed by atoms with E-state index < -0.39 is 0 Å². The minimum Gasteiger partial charge on any atom is -0.348 e. The minimum atomic E-state index is -0.316. The molecule has 1 aromatic carbocycles. The maximum atomic E-state index is 11.6. The summed E-state index contributed by atoms with van der Waals surface area (Å²) in [6.45, 7) is 0.499. The molecule has 100 valence electrons. The van der Waals surface area contributed by atoms with Gasteiger partial charge >= 0.3 is 6.03 Å². The fourth-order valence-electron chi connectivity index (χ4n) is 1.49. The molecule has 0 aliphatic heterocycles. The molecule has 2 rings (SSSR count). The van der Waals surface area contributed by atoms with Gasteiger partial charge in [-0.1, -0.05) is 23.2 Å². The zero-order chi connectivity index (χ0) is 13.7. The van der Waals surface area contributed by atoms with E-state index in [2.05, 4.69) is 20.6 Å². The first-order valence-corrected chi connectivity index (χ1v) is 6.38. The topological polar surface area (TPSA) is 69.8 Å². The molecule has 1 aromatic heterocycles. The number of carbonyl (C=O) groups excluding carboxylic acids is 1. The second-order valence-corrected chi connectivity index (χ2v) is 4.68. The number of rotatable bonds is 4. The Labute approximate surface area is 120 Å². The van der Waals surface area contributed by atoms with E-state index in [9.17, 15) is 4.79 Å². The van der Waals surface area contributed by atoms with E-state index >= 15 is 0 Å². The largest absolute Gasteiger partial charge is 0.348 e. The number of amides is 2. The Hall–Kier alpha value is -1.72. The van der Waals surface area contributed by atoms with Gasteiger partial charge in [0.15, 0.2) is 0 Å². The highest BCUT2D eigenvalue weighted by Crippen LogP contribution is 2.25. The summed E-state index contributed by atoms with van der Waals surface area (Å²) in [5, 5.41) is 6.30. The van der Waals surface area contributed by atoms with E-state index in [1.807, 2.05) is 0 Å². The highest BCUT2D eigenvalue weighted by atomic mass is 35.5. The predicted octanol–water partition coefficient (Wildman–Crippen LogP) is 3.08. The van der Waals surface area contributed by atoms with Crippen LogP contribution in [0.5, 0.6) is 0 Å². The molecular formula is C12H12Cl2N4O. The van der Waals surface area contributed by atoms with E-state index in [4.69, 9.17) is 23.2 Å². The third-order valence-electron chi connectivity index (χ3n) is 2.41. The molecule has 0 bridgehead atoms. The SMILES string of the molecule is O=C(NCCc1cnc[nH]1)Nc1ccc(Cl)cc1Cl. The lowest BCUT2D eigenvalue weighted by atomic mass is 10.3. The van der Waals surface area contributed by atoms with Gasteiger partial charge in [0.05, 0.1) is 17.0 Å². The van der Waals surface area contributed by atoms with Gasteiger partial charge in [0, 0.05) is 29.9 Å². The summed E-state index contributed by atoms with van der Waals surface area (Å²) in [5.74, 6) is 0. The number of anilines is 1. The summed E-state index contributed by atoms with van der Waals surface area (Å²) >= 11 is 11.7. The van der Waals surface area contributed by atoms with Crippen LogP contribution in [0.2, 0.25) is 10.0 Å². The first-order chi connectivity index (χ1) is 9.15. The number of nitrogens with zero attached hydrogens (tertiary/aromatic N) is 1. The van der Waals surface area contributed by atoms with Gasteiger partial charge in [-0.15, -0.1) is 0 Å². The van der Waals surface area contributed by atoms with Crippen molar-refractivity contribution in [2.24, 2.45) is 0 Å². The molecule has 7 heteroatoms. The number of hydrogen-bond acceptors (Lipinski definition) is 2. The highest BCUT2D eigenvalue weighted by Gasteiger charge is 2.05. The van der Waals surface area contributed by atoms with Gasteiger partial charge in [-0.3, -0.25) is 0 Å². The number of halogens is 2. The maximum absolute atomic E-state index is 11.6. The molecule has 2 aromatic rings. The Kier molecular flexibility index (Phi) is 4.65. The Morgan fingerprint density at radius 2 is 2.21 bits per heavy atom. The zero-order valence-corrected chi connectivity index (χ0v) is 11.4. The fraction of sp³-hybridized carbons (Fsp3) is 0.167. The number of benzene rings is 1. The van der Waals surface area contributed by atoms with Gasteiger partial charge < -0.3 is 15.6 Å². The summed E-state index contributed by atoms with van der Waals surface area (Å²) in [4.78, 5) is 18.5. The minimum absolute atomic E-state index is 0.316. The molecule has 2 amide bonds. The van der Waals surface area contributed by atoms with Crippen molar-refractivity contribution in [2.45, 2.75) is 6.42 Å². The third-order valence-corrected chi connectivity index (χ3v) is 2.96. The number of carbonyl (C=O) groups is 1. The lowest BCUT2D eigenvalue weighted by molar-refractivity contribution is 0.252. The normalized spacial score (nSPS) is 10.2. The van der Waals surface area contributed by atoms with Crippen LogP contribution < -0.4 is 10.6 Å². The molecule has 0 aliphatic rings. The second-order valence-electron chi connectivity index (χ2n) is 3.83. The van der Waals surface area contributed by atoms with E-state index in [0.717, 1.165) is 5.69 Å². The number of aromatic amines is 1. The van der Waals surface area contributed by atoms with Crippen molar-refractivity contribution in [1.29, 1.82) is 0 Å². The van der Waals surface area contributed by atoms with Crippen molar-refractivity contribution < 1.29 is 4.79 Å². The summed E-state index contributed by atoms with van der Waals surface area (Å²) in [6, 6.07) is 4.57. The van der Waals surface area contributed by atoms with Crippen LogP contribution in [-0.4, -0.2) is 22.5 Å².